The van der Waals surface area contributed by atoms with Gasteiger partial charge in [0.15, 0.2) is 5.79 Å². The molecular weight excluding hydrogens is 240 g/mol. The molecular formula is C16H26O3. The summed E-state index contributed by atoms with van der Waals surface area (Å²) in [7, 11) is 0. The van der Waals surface area contributed by atoms with Crippen molar-refractivity contribution in [1.29, 1.82) is 0 Å². The average molecular weight is 266 g/mol. The minimum Gasteiger partial charge on any atom is -0.348 e. The van der Waals surface area contributed by atoms with Crippen molar-refractivity contribution in [3.63, 3.8) is 0 Å². The number of hydrogen-bond acceptors (Lipinski definition) is 3. The molecule has 0 amide bonds. The Morgan fingerprint density at radius 3 is 2.42 bits per heavy atom. The molecule has 0 saturated carbocycles. The van der Waals surface area contributed by atoms with Crippen LogP contribution in [0.1, 0.15) is 52.9 Å². The fourth-order valence-corrected chi connectivity index (χ4v) is 2.23. The molecule has 3 heteroatoms. The molecule has 19 heavy (non-hydrogen) atoms. The number of carbonyl (C=O) groups is 1. The molecule has 108 valence electrons. The summed E-state index contributed by atoms with van der Waals surface area (Å²) in [4.78, 5) is 10.3. The fourth-order valence-electron chi connectivity index (χ4n) is 2.23. The van der Waals surface area contributed by atoms with Gasteiger partial charge in [-0.05, 0) is 52.5 Å². The molecule has 0 atom stereocenters. The maximum absolute atomic E-state index is 10.3. The lowest BCUT2D eigenvalue weighted by Crippen LogP contribution is -2.24. The van der Waals surface area contributed by atoms with Crippen molar-refractivity contribution in [2.45, 2.75) is 58.7 Å². The molecule has 0 aromatic rings. The van der Waals surface area contributed by atoms with E-state index >= 15 is 0 Å². The number of aldehydes is 1. The van der Waals surface area contributed by atoms with Crippen LogP contribution in [-0.4, -0.2) is 25.3 Å². The molecule has 1 heterocycles. The van der Waals surface area contributed by atoms with Gasteiger partial charge in [-0.15, -0.1) is 0 Å². The highest BCUT2D eigenvalue weighted by Crippen LogP contribution is 2.24. The number of allylic oxidation sites excluding steroid dienone is 4. The van der Waals surface area contributed by atoms with Crippen molar-refractivity contribution < 1.29 is 14.3 Å². The molecule has 0 aromatic heterocycles. The summed E-state index contributed by atoms with van der Waals surface area (Å²) >= 11 is 0. The van der Waals surface area contributed by atoms with Crippen LogP contribution in [0, 0.1) is 0 Å². The monoisotopic (exact) mass is 266 g/mol. The zero-order valence-corrected chi connectivity index (χ0v) is 12.4. The van der Waals surface area contributed by atoms with Crippen molar-refractivity contribution in [3.8, 4) is 0 Å². The first-order valence-electron chi connectivity index (χ1n) is 7.10. The van der Waals surface area contributed by atoms with E-state index in [-0.39, 0.29) is 5.79 Å². The van der Waals surface area contributed by atoms with Crippen LogP contribution in [0.3, 0.4) is 0 Å². The second-order valence-electron chi connectivity index (χ2n) is 5.42. The van der Waals surface area contributed by atoms with E-state index in [1.165, 1.54) is 5.57 Å². The second kappa shape index (κ2) is 8.28. The Labute approximate surface area is 116 Å². The zero-order chi connectivity index (χ0) is 14.1. The molecule has 3 nitrogen and oxygen atoms in total. The number of hydrogen-bond donors (Lipinski definition) is 0. The SMILES string of the molecule is CC(=CC=O)CCCC(C)=CCCC1(C)OCCO1. The highest BCUT2D eigenvalue weighted by Gasteiger charge is 2.29. The van der Waals surface area contributed by atoms with Crippen molar-refractivity contribution in [2.24, 2.45) is 0 Å². The first-order chi connectivity index (χ1) is 9.06. The van der Waals surface area contributed by atoms with Gasteiger partial charge in [-0.25, -0.2) is 0 Å². The van der Waals surface area contributed by atoms with Crippen LogP contribution in [0.25, 0.3) is 0 Å². The maximum atomic E-state index is 10.3. The minimum absolute atomic E-state index is 0.375. The van der Waals surface area contributed by atoms with E-state index in [4.69, 9.17) is 9.47 Å². The molecule has 0 unspecified atom stereocenters. The molecule has 1 rings (SSSR count). The maximum Gasteiger partial charge on any atom is 0.166 e. The zero-order valence-electron chi connectivity index (χ0n) is 12.4. The van der Waals surface area contributed by atoms with Crippen molar-refractivity contribution >= 4 is 6.29 Å². The van der Waals surface area contributed by atoms with Crippen LogP contribution >= 0.6 is 0 Å². The van der Waals surface area contributed by atoms with E-state index in [1.807, 2.05) is 13.8 Å². The van der Waals surface area contributed by atoms with E-state index in [1.54, 1.807) is 6.08 Å². The molecule has 0 aliphatic carbocycles. The van der Waals surface area contributed by atoms with E-state index in [9.17, 15) is 4.79 Å². The molecule has 0 N–H and O–H groups in total. The first kappa shape index (κ1) is 16.1. The third-order valence-electron chi connectivity index (χ3n) is 3.48. The van der Waals surface area contributed by atoms with Crippen LogP contribution in [0.15, 0.2) is 23.3 Å². The summed E-state index contributed by atoms with van der Waals surface area (Å²) in [5, 5.41) is 0. The Balaban J connectivity index is 2.18. The lowest BCUT2D eigenvalue weighted by Gasteiger charge is -2.21. The highest BCUT2D eigenvalue weighted by molar-refractivity contribution is 5.65. The third kappa shape index (κ3) is 6.69. The van der Waals surface area contributed by atoms with Gasteiger partial charge in [-0.3, -0.25) is 4.79 Å². The molecule has 1 aliphatic rings. The first-order valence-corrected chi connectivity index (χ1v) is 7.10. The predicted octanol–water partition coefficient (Wildman–Crippen LogP) is 3.79. The van der Waals surface area contributed by atoms with E-state index in [0.717, 1.165) is 44.0 Å². The van der Waals surface area contributed by atoms with Gasteiger partial charge < -0.3 is 9.47 Å². The van der Waals surface area contributed by atoms with Gasteiger partial charge in [0.2, 0.25) is 0 Å². The van der Waals surface area contributed by atoms with Crippen LogP contribution in [-0.2, 0) is 14.3 Å². The Kier molecular flexibility index (Phi) is 7.03. The van der Waals surface area contributed by atoms with Crippen LogP contribution in [0.2, 0.25) is 0 Å². The number of carbonyl (C=O) groups excluding carboxylic acids is 1. The van der Waals surface area contributed by atoms with Crippen molar-refractivity contribution in [3.05, 3.63) is 23.3 Å². The summed E-state index contributed by atoms with van der Waals surface area (Å²) in [6, 6.07) is 0. The van der Waals surface area contributed by atoms with Gasteiger partial charge in [0.1, 0.15) is 6.29 Å². The van der Waals surface area contributed by atoms with Gasteiger partial charge >= 0.3 is 0 Å². The summed E-state index contributed by atoms with van der Waals surface area (Å²) in [5.41, 5.74) is 2.56. The van der Waals surface area contributed by atoms with Crippen LogP contribution in [0.4, 0.5) is 0 Å². The highest BCUT2D eigenvalue weighted by atomic mass is 16.7. The standard InChI is InChI=1S/C16H26O3/c1-14(6-4-7-15(2)9-11-17)8-5-10-16(3)18-12-13-19-16/h8-9,11H,4-7,10,12-13H2,1-3H3. The number of ether oxygens (including phenoxy) is 2. The summed E-state index contributed by atoms with van der Waals surface area (Å²) in [6.45, 7) is 7.60. The third-order valence-corrected chi connectivity index (χ3v) is 3.48. The van der Waals surface area contributed by atoms with Crippen molar-refractivity contribution in [2.75, 3.05) is 13.2 Å². The second-order valence-corrected chi connectivity index (χ2v) is 5.42. The topological polar surface area (TPSA) is 35.5 Å². The summed E-state index contributed by atoms with van der Waals surface area (Å²) < 4.78 is 11.1. The fraction of sp³-hybridized carbons (Fsp3) is 0.688. The smallest absolute Gasteiger partial charge is 0.166 e. The molecule has 1 aliphatic heterocycles. The van der Waals surface area contributed by atoms with Crippen molar-refractivity contribution in [1.82, 2.24) is 0 Å². The predicted molar refractivity (Wildman–Crippen MR) is 77.0 cm³/mol. The lowest BCUT2D eigenvalue weighted by atomic mass is 10.0. The molecule has 0 aromatic carbocycles. The normalized spacial score (nSPS) is 19.7. The van der Waals surface area contributed by atoms with Crippen LogP contribution < -0.4 is 0 Å². The molecule has 0 bridgehead atoms. The Morgan fingerprint density at radius 2 is 1.79 bits per heavy atom. The van der Waals surface area contributed by atoms with E-state index in [0.29, 0.717) is 13.2 Å². The largest absolute Gasteiger partial charge is 0.348 e. The average Bonchev–Trinajstić information content (AvgIpc) is 2.76. The van der Waals surface area contributed by atoms with Gasteiger partial charge in [-0.1, -0.05) is 17.2 Å². The molecule has 0 spiro atoms. The molecule has 0 radical (unpaired) electrons. The van der Waals surface area contributed by atoms with E-state index in [2.05, 4.69) is 13.0 Å². The summed E-state index contributed by atoms with van der Waals surface area (Å²) in [5.74, 6) is -0.375. The summed E-state index contributed by atoms with van der Waals surface area (Å²) in [6.07, 6.45) is 9.86. The molecule has 1 fully saturated rings. The quantitative estimate of drug-likeness (QED) is 0.381. The Morgan fingerprint density at radius 1 is 1.16 bits per heavy atom. The van der Waals surface area contributed by atoms with Gasteiger partial charge in [0, 0.05) is 6.42 Å². The minimum atomic E-state index is -0.375. The van der Waals surface area contributed by atoms with E-state index < -0.39 is 0 Å². The lowest BCUT2D eigenvalue weighted by molar-refractivity contribution is -0.145. The van der Waals surface area contributed by atoms with Gasteiger partial charge in [0.25, 0.3) is 0 Å². The van der Waals surface area contributed by atoms with Gasteiger partial charge in [-0.2, -0.15) is 0 Å². The van der Waals surface area contributed by atoms with Crippen LogP contribution in [0.5, 0.6) is 0 Å². The van der Waals surface area contributed by atoms with Gasteiger partial charge in [0.05, 0.1) is 13.2 Å². The Hall–Kier alpha value is -0.930. The Bertz CT molecular complexity index is 336. The molecule has 1 saturated heterocycles. The number of rotatable bonds is 8.